The van der Waals surface area contributed by atoms with Gasteiger partial charge in [0, 0.05) is 55.3 Å². The molecule has 0 radical (unpaired) electrons. The minimum Gasteiger partial charge on any atom is -0.508 e. The van der Waals surface area contributed by atoms with E-state index in [9.17, 15) is 15.3 Å². The molecular weight excluding hydrogens is 1520 g/mol. The van der Waals surface area contributed by atoms with Crippen LogP contribution in [0, 0.1) is 37.0 Å². The SMILES string of the molecule is CCOc1ccc(C=NCC(N)=[NH2+])cc1.COc1cc(C=NCC(N)=[NH2+])cc(O)c1C.COc1cc(C=NCC(N)=[NH2+])cc(OC)c1O.COc1ccc(C=NCC(=N)N)cc1OC.COc1ccc(C=NCC(N)=[NH2+])cc1.COc1cccc(C=NCC(=N)N)c1.Cc1ccc(C=NCC(=N)N)cc1O.Cc1ccc(C=NCC(N)=[NH2+])cc1. The Morgan fingerprint density at radius 2 is 0.630 bits per heavy atom. The molecule has 0 fully saturated rings. The first-order chi connectivity index (χ1) is 56.7. The van der Waals surface area contributed by atoms with Crippen molar-refractivity contribution in [3.8, 4) is 63.2 Å². The maximum absolute atomic E-state index is 9.69. The highest BCUT2D eigenvalue weighted by Gasteiger charge is 2.11. The van der Waals surface area contributed by atoms with E-state index < -0.39 is 0 Å². The van der Waals surface area contributed by atoms with Crippen molar-refractivity contribution in [3.05, 3.63) is 219 Å². The molecule has 0 saturated carbocycles. The highest BCUT2D eigenvalue weighted by molar-refractivity contribution is 5.90. The first kappa shape index (κ1) is 102. The fraction of sp³-hybridized carbons (Fsp3) is 0.238. The summed E-state index contributed by atoms with van der Waals surface area (Å²) < 4.78 is 40.8. The van der Waals surface area contributed by atoms with Crippen LogP contribution in [0.2, 0.25) is 0 Å². The smallest absolute Gasteiger partial charge is 0.260 e. The summed E-state index contributed by atoms with van der Waals surface area (Å²) >= 11 is 0. The predicted octanol–water partition coefficient (Wildman–Crippen LogP) is -0.266. The van der Waals surface area contributed by atoms with Crippen molar-refractivity contribution in [1.82, 2.24) is 0 Å². The second-order valence-corrected chi connectivity index (χ2v) is 24.5. The molecule has 0 unspecified atom stereocenters. The van der Waals surface area contributed by atoms with Gasteiger partial charge in [-0.25, -0.2) is 0 Å². The Hall–Kier alpha value is -15.3. The molecule has 119 heavy (non-hydrogen) atoms. The lowest BCUT2D eigenvalue weighted by Crippen LogP contribution is -2.47. The Balaban J connectivity index is 0.000000681. The summed E-state index contributed by atoms with van der Waals surface area (Å²) in [4.78, 5) is 32.1. The van der Waals surface area contributed by atoms with Crippen molar-refractivity contribution in [2.45, 2.75) is 27.7 Å². The van der Waals surface area contributed by atoms with Gasteiger partial charge in [-0.1, -0.05) is 54.1 Å². The van der Waals surface area contributed by atoms with Gasteiger partial charge in [0.25, 0.3) is 29.2 Å². The van der Waals surface area contributed by atoms with Crippen LogP contribution in [0.25, 0.3) is 0 Å². The van der Waals surface area contributed by atoms with E-state index in [1.165, 1.54) is 19.8 Å². The van der Waals surface area contributed by atoms with Gasteiger partial charge in [-0.05, 0) is 187 Å². The lowest BCUT2D eigenvalue weighted by molar-refractivity contribution is -0.117. The quantitative estimate of drug-likeness (QED) is 0.0186. The molecule has 634 valence electrons. The number of nitrogens with two attached hydrogens (primary N) is 13. The monoisotopic (exact) mass is 1640 g/mol. The number of hydrogen-bond donors (Lipinski definition) is 19. The zero-order chi connectivity index (χ0) is 89.0. The molecule has 0 aromatic heterocycles. The maximum atomic E-state index is 9.69. The molecule has 0 heterocycles. The van der Waals surface area contributed by atoms with Gasteiger partial charge >= 0.3 is 0 Å². The third kappa shape index (κ3) is 47.7. The van der Waals surface area contributed by atoms with E-state index in [1.54, 1.807) is 129 Å². The summed E-state index contributed by atoms with van der Waals surface area (Å²) in [5, 5.41) is 76.0. The van der Waals surface area contributed by atoms with Gasteiger partial charge in [-0.15, -0.1) is 0 Å². The molecule has 0 saturated heterocycles. The Morgan fingerprint density at radius 1 is 0.319 bits per heavy atom. The lowest BCUT2D eigenvalue weighted by Gasteiger charge is -2.09. The molecule has 8 aromatic rings. The average Bonchev–Trinajstić information content (AvgIpc) is 0.848. The Labute approximate surface area is 694 Å². The predicted molar refractivity (Wildman–Crippen MR) is 479 cm³/mol. The van der Waals surface area contributed by atoms with Crippen LogP contribution in [0.1, 0.15) is 68.1 Å². The van der Waals surface area contributed by atoms with E-state index in [-0.39, 0.29) is 79.2 Å². The van der Waals surface area contributed by atoms with Crippen LogP contribution < -0.4 is 111 Å². The Bertz CT molecular complexity index is 4730. The molecule has 0 aliphatic carbocycles. The van der Waals surface area contributed by atoms with Gasteiger partial charge in [-0.3, -0.25) is 112 Å². The van der Waals surface area contributed by atoms with E-state index in [2.05, 4.69) is 39.9 Å². The summed E-state index contributed by atoms with van der Waals surface area (Å²) in [6.45, 7) is 10.5. The number of benzene rings is 8. The van der Waals surface area contributed by atoms with E-state index in [4.69, 9.17) is 127 Å². The van der Waals surface area contributed by atoms with Crippen LogP contribution in [-0.4, -0.2) is 220 Å². The third-order valence-electron chi connectivity index (χ3n) is 14.3. The number of aromatic hydroxyl groups is 3. The second kappa shape index (κ2) is 59.4. The number of hydrogen-bond acceptors (Lipinski definition) is 22. The molecule has 0 aliphatic heterocycles. The Kier molecular flexibility index (Phi) is 50.8. The van der Waals surface area contributed by atoms with E-state index in [1.807, 2.05) is 142 Å². The number of methoxy groups -OCH3 is 7. The summed E-state index contributed by atoms with van der Waals surface area (Å²) in [6.07, 6.45) is 13.3. The summed E-state index contributed by atoms with van der Waals surface area (Å²) in [6, 6.07) is 48.2. The van der Waals surface area contributed by atoms with Crippen LogP contribution in [0.4, 0.5) is 0 Å². The number of phenols is 3. The molecular formula is C84H117N24O11+5. The third-order valence-corrected chi connectivity index (χ3v) is 14.3. The van der Waals surface area contributed by atoms with Crippen LogP contribution in [0.3, 0.4) is 0 Å². The van der Waals surface area contributed by atoms with Crippen LogP contribution in [-0.2, 0) is 0 Å². The lowest BCUT2D eigenvalue weighted by atomic mass is 10.1. The van der Waals surface area contributed by atoms with E-state index in [0.717, 1.165) is 67.3 Å². The van der Waals surface area contributed by atoms with Crippen molar-refractivity contribution in [2.24, 2.45) is 85.8 Å². The van der Waals surface area contributed by atoms with Crippen molar-refractivity contribution in [1.29, 1.82) is 16.2 Å². The van der Waals surface area contributed by atoms with Crippen LogP contribution in [0.5, 0.6) is 63.2 Å². The van der Waals surface area contributed by atoms with Gasteiger partial charge < -0.3 is 70.4 Å². The number of nitrogens with zero attached hydrogens (tertiary/aromatic N) is 8. The number of nitrogens with one attached hydrogen (secondary N) is 3. The number of aliphatic imine (C=N–C) groups is 8. The first-order valence-electron chi connectivity index (χ1n) is 36.0. The summed E-state index contributed by atoms with van der Waals surface area (Å²) in [5.74, 6) is 6.99. The van der Waals surface area contributed by atoms with E-state index >= 15 is 0 Å². The normalized spacial score (nSPS) is 10.5. The highest BCUT2D eigenvalue weighted by atomic mass is 16.5. The number of rotatable bonds is 33. The number of aryl methyl sites for hydroxylation is 2. The van der Waals surface area contributed by atoms with Crippen molar-refractivity contribution in [3.63, 3.8) is 0 Å². The largest absolute Gasteiger partial charge is 0.508 e. The fourth-order valence-electron chi connectivity index (χ4n) is 8.52. The van der Waals surface area contributed by atoms with Gasteiger partial charge in [0.2, 0.25) is 5.75 Å². The molecule has 0 aliphatic rings. The zero-order valence-electron chi connectivity index (χ0n) is 69.2. The van der Waals surface area contributed by atoms with E-state index in [0.29, 0.717) is 78.1 Å². The molecule has 32 N–H and O–H groups in total. The van der Waals surface area contributed by atoms with Gasteiger partial charge in [-0.2, -0.15) is 0 Å². The summed E-state index contributed by atoms with van der Waals surface area (Å²) in [7, 11) is 10.9. The average molecular weight is 1640 g/mol. The Morgan fingerprint density at radius 3 is 1.00 bits per heavy atom. The number of phenolic OH excluding ortho intramolecular Hbond substituents is 3. The second-order valence-electron chi connectivity index (χ2n) is 24.5. The molecule has 8 aromatic carbocycles. The standard InChI is InChI=1S/C11H15N3O3.2C11H15N3O2.C11H15N3O.3C10H13N3O.C10H13N3/c1-16-8-3-7(5-14-6-10(12)13)4-9(17-2)11(8)15;1-7-9(15)3-8(4-10(7)16-2)5-14-6-11(12)13;1-15-9-4-3-8(5-10(9)16-2)6-14-7-11(12)13;1-2-15-10-5-3-9(4-6-10)7-14-8-11(12)13;1-14-9-4-2-8(3-5-9)6-13-7-10(11)12;1-7-2-3-8(4-9(7)14)5-13-6-10(11)12;1-14-9-4-2-3-8(5-9)6-13-7-10(11)12;1-8-2-4-9(5-3-8)6-13-7-10(11)12/h3-5,15H,6H2,1-2H3,(H3,12,13);3-5,15H,6H2,1-2H3,(H3,12,13);3-6H,7H2,1-2H3,(H3,12,13);3-7H,2,8H2,1H3,(H3,12,13);2-6H,7H2,1H3,(H3,11,12);2-5,14H,6H2,1H3,(H3,11,12);2-6H,7H2,1H3,(H3,11,12);2-6H,7H2,1H3,(H3,11,12)/p+5. The topological polar surface area (TPSA) is 641 Å². The minimum atomic E-state index is -0.0444. The first-order valence-corrected chi connectivity index (χ1v) is 36.0. The summed E-state index contributed by atoms with van der Waals surface area (Å²) in [5.41, 5.74) is 51.7. The van der Waals surface area contributed by atoms with Gasteiger partial charge in [0.05, 0.1) is 76.0 Å². The van der Waals surface area contributed by atoms with Crippen LogP contribution >= 0.6 is 0 Å². The van der Waals surface area contributed by atoms with Gasteiger partial charge in [0.1, 0.15) is 84.7 Å². The number of ether oxygens (including phenoxy) is 8. The molecule has 0 spiro atoms. The number of amidine groups is 8. The minimum absolute atomic E-state index is 0.0255. The van der Waals surface area contributed by atoms with Crippen molar-refractivity contribution in [2.75, 3.05) is 109 Å². The van der Waals surface area contributed by atoms with Crippen molar-refractivity contribution >= 4 is 96.4 Å². The highest BCUT2D eigenvalue weighted by Crippen LogP contribution is 2.37. The van der Waals surface area contributed by atoms with Gasteiger partial charge in [0.15, 0.2) is 23.0 Å². The van der Waals surface area contributed by atoms with Crippen LogP contribution in [0.15, 0.2) is 198 Å². The molecule has 0 bridgehead atoms. The molecule has 0 amide bonds. The molecule has 8 rings (SSSR count). The molecule has 35 heteroatoms. The maximum Gasteiger partial charge on any atom is 0.260 e. The molecule has 35 nitrogen and oxygen atoms in total. The van der Waals surface area contributed by atoms with Crippen molar-refractivity contribution < 1.29 is 80.3 Å². The fourth-order valence-corrected chi connectivity index (χ4v) is 8.52. The molecule has 0 atom stereocenters. The zero-order valence-corrected chi connectivity index (χ0v) is 69.2.